The Morgan fingerprint density at radius 3 is 2.47 bits per heavy atom. The van der Waals surface area contributed by atoms with Crippen molar-refractivity contribution < 1.29 is 23.9 Å². The van der Waals surface area contributed by atoms with E-state index in [1.807, 2.05) is 0 Å². The summed E-state index contributed by atoms with van der Waals surface area (Å²) in [5.74, 6) is -0.304. The lowest BCUT2D eigenvalue weighted by Gasteiger charge is -2.10. The van der Waals surface area contributed by atoms with Crippen LogP contribution in [0, 0.1) is 0 Å². The van der Waals surface area contributed by atoms with Crippen molar-refractivity contribution >= 4 is 21.9 Å². The van der Waals surface area contributed by atoms with Crippen molar-refractivity contribution in [1.29, 1.82) is 0 Å². The van der Waals surface area contributed by atoms with Crippen LogP contribution >= 0.6 is 15.9 Å². The molecule has 7 heteroatoms. The highest BCUT2D eigenvalue weighted by Crippen LogP contribution is 2.38. The van der Waals surface area contributed by atoms with Gasteiger partial charge in [-0.3, -0.25) is 0 Å². The fourth-order valence-corrected chi connectivity index (χ4v) is 2.07. The fourth-order valence-electron chi connectivity index (χ4n) is 1.56. The first-order valence-electron chi connectivity index (χ1n) is 5.18. The standard InChI is InChI=1S/C12H10BrNO5/c1-17-9-5-10(18-2)7(13)3-6(9)8-4-11(12(15)16)19-14-8/h3-5H,1-2H3,(H,15,16). The Morgan fingerprint density at radius 1 is 1.26 bits per heavy atom. The zero-order chi connectivity index (χ0) is 14.0. The van der Waals surface area contributed by atoms with E-state index < -0.39 is 5.97 Å². The Morgan fingerprint density at radius 2 is 1.95 bits per heavy atom. The average molecular weight is 328 g/mol. The minimum absolute atomic E-state index is 0.232. The van der Waals surface area contributed by atoms with E-state index in [4.69, 9.17) is 19.1 Å². The zero-order valence-corrected chi connectivity index (χ0v) is 11.7. The van der Waals surface area contributed by atoms with Gasteiger partial charge < -0.3 is 19.1 Å². The van der Waals surface area contributed by atoms with Crippen molar-refractivity contribution in [2.75, 3.05) is 14.2 Å². The van der Waals surface area contributed by atoms with Gasteiger partial charge in [-0.25, -0.2) is 4.79 Å². The van der Waals surface area contributed by atoms with Crippen LogP contribution < -0.4 is 9.47 Å². The maximum atomic E-state index is 10.8. The van der Waals surface area contributed by atoms with Crippen molar-refractivity contribution in [3.8, 4) is 22.8 Å². The van der Waals surface area contributed by atoms with Crippen LogP contribution in [0.3, 0.4) is 0 Å². The number of hydrogen-bond acceptors (Lipinski definition) is 5. The van der Waals surface area contributed by atoms with Crippen molar-refractivity contribution in [3.05, 3.63) is 28.4 Å². The number of aromatic nitrogens is 1. The van der Waals surface area contributed by atoms with Crippen LogP contribution in [0.25, 0.3) is 11.3 Å². The van der Waals surface area contributed by atoms with E-state index in [1.54, 1.807) is 12.1 Å². The van der Waals surface area contributed by atoms with Gasteiger partial charge in [-0.15, -0.1) is 0 Å². The Bertz CT molecular complexity index is 623. The van der Waals surface area contributed by atoms with E-state index in [0.29, 0.717) is 27.2 Å². The van der Waals surface area contributed by atoms with Gasteiger partial charge in [-0.2, -0.15) is 0 Å². The van der Waals surface area contributed by atoms with E-state index >= 15 is 0 Å². The van der Waals surface area contributed by atoms with Crippen LogP contribution in [0.15, 0.2) is 27.2 Å². The zero-order valence-electron chi connectivity index (χ0n) is 10.1. The molecule has 0 unspecified atom stereocenters. The highest BCUT2D eigenvalue weighted by Gasteiger charge is 2.17. The van der Waals surface area contributed by atoms with E-state index in [9.17, 15) is 4.79 Å². The third kappa shape index (κ3) is 2.55. The first-order chi connectivity index (χ1) is 9.06. The lowest BCUT2D eigenvalue weighted by atomic mass is 10.1. The second-order valence-electron chi connectivity index (χ2n) is 3.57. The molecule has 1 heterocycles. The molecular formula is C12H10BrNO5. The number of benzene rings is 1. The molecule has 1 N–H and O–H groups in total. The Kier molecular flexibility index (Phi) is 3.75. The molecule has 0 spiro atoms. The van der Waals surface area contributed by atoms with Crippen molar-refractivity contribution in [2.24, 2.45) is 0 Å². The van der Waals surface area contributed by atoms with Crippen LogP contribution in [-0.4, -0.2) is 30.5 Å². The van der Waals surface area contributed by atoms with Crippen LogP contribution in [0.5, 0.6) is 11.5 Å². The molecule has 0 aliphatic rings. The van der Waals surface area contributed by atoms with Gasteiger partial charge in [0, 0.05) is 17.7 Å². The monoisotopic (exact) mass is 327 g/mol. The van der Waals surface area contributed by atoms with Crippen LogP contribution in [0.1, 0.15) is 10.6 Å². The highest BCUT2D eigenvalue weighted by atomic mass is 79.9. The lowest BCUT2D eigenvalue weighted by molar-refractivity contribution is 0.0652. The maximum Gasteiger partial charge on any atom is 0.374 e. The number of carboxylic acids is 1. The molecule has 0 saturated carbocycles. The van der Waals surface area contributed by atoms with Gasteiger partial charge in [0.15, 0.2) is 0 Å². The minimum Gasteiger partial charge on any atom is -0.496 e. The molecule has 0 amide bonds. The van der Waals surface area contributed by atoms with Crippen LogP contribution in [0.2, 0.25) is 0 Å². The molecule has 100 valence electrons. The molecule has 0 aliphatic carbocycles. The van der Waals surface area contributed by atoms with Gasteiger partial charge in [-0.05, 0) is 22.0 Å². The van der Waals surface area contributed by atoms with Gasteiger partial charge in [0.05, 0.1) is 18.7 Å². The highest BCUT2D eigenvalue weighted by molar-refractivity contribution is 9.10. The molecule has 2 rings (SSSR count). The lowest BCUT2D eigenvalue weighted by Crippen LogP contribution is -1.93. The summed E-state index contributed by atoms with van der Waals surface area (Å²) in [6, 6.07) is 4.73. The smallest absolute Gasteiger partial charge is 0.374 e. The summed E-state index contributed by atoms with van der Waals surface area (Å²) in [6.45, 7) is 0. The molecule has 2 aromatic rings. The van der Waals surface area contributed by atoms with Gasteiger partial charge >= 0.3 is 5.97 Å². The summed E-state index contributed by atoms with van der Waals surface area (Å²) < 4.78 is 15.8. The molecule has 19 heavy (non-hydrogen) atoms. The van der Waals surface area contributed by atoms with E-state index in [-0.39, 0.29) is 5.76 Å². The number of aromatic carboxylic acids is 1. The second kappa shape index (κ2) is 5.31. The number of nitrogens with zero attached hydrogens (tertiary/aromatic N) is 1. The molecule has 0 aliphatic heterocycles. The van der Waals surface area contributed by atoms with Crippen LogP contribution in [-0.2, 0) is 0 Å². The summed E-state index contributed by atoms with van der Waals surface area (Å²) >= 11 is 3.35. The largest absolute Gasteiger partial charge is 0.496 e. The number of halogens is 1. The third-order valence-electron chi connectivity index (χ3n) is 2.47. The molecule has 1 aromatic carbocycles. The number of ether oxygens (including phenoxy) is 2. The Labute approximate surface area is 117 Å². The minimum atomic E-state index is -1.18. The normalized spacial score (nSPS) is 10.3. The van der Waals surface area contributed by atoms with Crippen molar-refractivity contribution in [3.63, 3.8) is 0 Å². The van der Waals surface area contributed by atoms with Gasteiger partial charge in [0.2, 0.25) is 5.76 Å². The topological polar surface area (TPSA) is 81.8 Å². The van der Waals surface area contributed by atoms with Gasteiger partial charge in [-0.1, -0.05) is 5.16 Å². The summed E-state index contributed by atoms with van der Waals surface area (Å²) in [6.07, 6.45) is 0. The fraction of sp³-hybridized carbons (Fsp3) is 0.167. The number of carbonyl (C=O) groups is 1. The molecule has 0 fully saturated rings. The predicted octanol–water partition coefficient (Wildman–Crippen LogP) is 2.82. The van der Waals surface area contributed by atoms with Gasteiger partial charge in [0.1, 0.15) is 17.2 Å². The van der Waals surface area contributed by atoms with E-state index in [2.05, 4.69) is 21.1 Å². The van der Waals surface area contributed by atoms with Crippen LogP contribution in [0.4, 0.5) is 0 Å². The number of hydrogen-bond donors (Lipinski definition) is 1. The maximum absolute atomic E-state index is 10.8. The van der Waals surface area contributed by atoms with E-state index in [0.717, 1.165) is 0 Å². The first kappa shape index (κ1) is 13.4. The Balaban J connectivity index is 2.53. The summed E-state index contributed by atoms with van der Waals surface area (Å²) in [5, 5.41) is 12.5. The molecule has 0 atom stereocenters. The average Bonchev–Trinajstić information content (AvgIpc) is 2.88. The molecule has 0 saturated heterocycles. The number of methoxy groups -OCH3 is 2. The molecule has 0 bridgehead atoms. The second-order valence-corrected chi connectivity index (χ2v) is 4.42. The first-order valence-corrected chi connectivity index (χ1v) is 5.98. The molecule has 6 nitrogen and oxygen atoms in total. The Hall–Kier alpha value is -2.02. The summed E-state index contributed by atoms with van der Waals surface area (Å²) in [5.41, 5.74) is 0.976. The number of rotatable bonds is 4. The quantitative estimate of drug-likeness (QED) is 0.929. The molecule has 1 aromatic heterocycles. The summed E-state index contributed by atoms with van der Waals surface area (Å²) in [4.78, 5) is 10.8. The van der Waals surface area contributed by atoms with E-state index in [1.165, 1.54) is 20.3 Å². The SMILES string of the molecule is COc1cc(OC)c(-c2cc(C(=O)O)on2)cc1Br. The summed E-state index contributed by atoms with van der Waals surface area (Å²) in [7, 11) is 3.04. The van der Waals surface area contributed by atoms with Crippen molar-refractivity contribution in [1.82, 2.24) is 5.16 Å². The predicted molar refractivity (Wildman–Crippen MR) is 69.7 cm³/mol. The molecule has 0 radical (unpaired) electrons. The van der Waals surface area contributed by atoms with Gasteiger partial charge in [0.25, 0.3) is 0 Å². The number of carboxylic acid groups (broad SMARTS) is 1. The molecular weight excluding hydrogens is 318 g/mol. The van der Waals surface area contributed by atoms with Crippen molar-refractivity contribution in [2.45, 2.75) is 0 Å². The third-order valence-corrected chi connectivity index (χ3v) is 3.09.